The summed E-state index contributed by atoms with van der Waals surface area (Å²) in [5.41, 5.74) is -0.238. The smallest absolute Gasteiger partial charge is 0.338 e. The van der Waals surface area contributed by atoms with Gasteiger partial charge in [0, 0.05) is 19.5 Å². The van der Waals surface area contributed by atoms with Gasteiger partial charge in [-0.15, -0.1) is 0 Å². The number of benzene rings is 1. The van der Waals surface area contributed by atoms with Crippen LogP contribution in [0.4, 0.5) is 0 Å². The van der Waals surface area contributed by atoms with E-state index in [1.165, 1.54) is 0 Å². The van der Waals surface area contributed by atoms with Crippen molar-refractivity contribution in [2.24, 2.45) is 0 Å². The van der Waals surface area contributed by atoms with Crippen molar-refractivity contribution >= 4 is 11.9 Å². The Labute approximate surface area is 156 Å². The van der Waals surface area contributed by atoms with E-state index in [9.17, 15) is 9.59 Å². The van der Waals surface area contributed by atoms with Crippen LogP contribution in [0, 0.1) is 0 Å². The highest BCUT2D eigenvalue weighted by Gasteiger charge is 2.60. The van der Waals surface area contributed by atoms with Crippen LogP contribution in [0.25, 0.3) is 0 Å². The van der Waals surface area contributed by atoms with Crippen LogP contribution >= 0.6 is 0 Å². The van der Waals surface area contributed by atoms with E-state index in [2.05, 4.69) is 0 Å². The minimum absolute atomic E-state index is 0.202. The Kier molecular flexibility index (Phi) is 7.64. The van der Waals surface area contributed by atoms with Gasteiger partial charge in [0.05, 0.1) is 12.7 Å². The van der Waals surface area contributed by atoms with E-state index in [4.69, 9.17) is 9.47 Å². The van der Waals surface area contributed by atoms with Gasteiger partial charge in [0.15, 0.2) is 0 Å². The van der Waals surface area contributed by atoms with E-state index in [-0.39, 0.29) is 6.10 Å². The lowest BCUT2D eigenvalue weighted by molar-refractivity contribution is -0.190. The van der Waals surface area contributed by atoms with Gasteiger partial charge in [0.25, 0.3) is 0 Å². The number of carbonyl (C=O) groups excluding carboxylic acids is 2. The maximum absolute atomic E-state index is 12.9. The van der Waals surface area contributed by atoms with Gasteiger partial charge < -0.3 is 9.47 Å². The molecule has 1 fully saturated rings. The van der Waals surface area contributed by atoms with Crippen molar-refractivity contribution in [3.8, 4) is 0 Å². The second-order valence-electron chi connectivity index (χ2n) is 7.01. The molecule has 5 nitrogen and oxygen atoms in total. The van der Waals surface area contributed by atoms with Gasteiger partial charge in [-0.3, -0.25) is 4.90 Å². The second kappa shape index (κ2) is 9.72. The van der Waals surface area contributed by atoms with Gasteiger partial charge in [0.2, 0.25) is 5.54 Å². The van der Waals surface area contributed by atoms with Crippen LogP contribution in [0.2, 0.25) is 0 Å². The number of hydrogen-bond donors (Lipinski definition) is 0. The highest BCUT2D eigenvalue weighted by Crippen LogP contribution is 2.35. The molecule has 1 heterocycles. The molecule has 144 valence electrons. The van der Waals surface area contributed by atoms with Crippen LogP contribution in [0.3, 0.4) is 0 Å². The Morgan fingerprint density at radius 2 is 1.88 bits per heavy atom. The summed E-state index contributed by atoms with van der Waals surface area (Å²) >= 11 is 0. The lowest BCUT2D eigenvalue weighted by Gasteiger charge is -2.48. The molecular formula is C21H31NO4. The van der Waals surface area contributed by atoms with Crippen LogP contribution in [-0.4, -0.2) is 41.6 Å². The molecule has 5 heteroatoms. The molecule has 26 heavy (non-hydrogen) atoms. The van der Waals surface area contributed by atoms with Crippen LogP contribution in [-0.2, 0) is 25.6 Å². The molecule has 1 saturated heterocycles. The summed E-state index contributed by atoms with van der Waals surface area (Å²) < 4.78 is 11.1. The summed E-state index contributed by atoms with van der Waals surface area (Å²) in [5.74, 6) is -0.941. The van der Waals surface area contributed by atoms with Gasteiger partial charge in [-0.1, -0.05) is 57.0 Å². The quantitative estimate of drug-likeness (QED) is 0.361. The molecule has 0 N–H and O–H groups in total. The lowest BCUT2D eigenvalue weighted by atomic mass is 9.83. The summed E-state index contributed by atoms with van der Waals surface area (Å²) in [6.45, 7) is 7.50. The predicted molar refractivity (Wildman–Crippen MR) is 101 cm³/mol. The molecular weight excluding hydrogens is 330 g/mol. The SMILES string of the molecule is CCCCOC(=O)[C@]1(C(=O)O[C@@H](C)CCC)CCN1Cc1ccccc1. The van der Waals surface area contributed by atoms with Crippen molar-refractivity contribution in [2.75, 3.05) is 13.2 Å². The monoisotopic (exact) mass is 361 g/mol. The summed E-state index contributed by atoms with van der Waals surface area (Å²) in [7, 11) is 0. The molecule has 1 aromatic carbocycles. The summed E-state index contributed by atoms with van der Waals surface area (Å²) in [4.78, 5) is 27.7. The number of nitrogens with zero attached hydrogens (tertiary/aromatic N) is 1. The molecule has 0 unspecified atom stereocenters. The molecule has 1 aliphatic heterocycles. The first kappa shape index (κ1) is 20.4. The average Bonchev–Trinajstić information content (AvgIpc) is 2.60. The predicted octanol–water partition coefficient (Wildman–Crippen LogP) is 3.71. The zero-order chi connectivity index (χ0) is 19.0. The van der Waals surface area contributed by atoms with Crippen LogP contribution in [0.1, 0.15) is 58.4 Å². The Hall–Kier alpha value is -1.88. The third-order valence-electron chi connectivity index (χ3n) is 4.91. The molecule has 0 amide bonds. The highest BCUT2D eigenvalue weighted by molar-refractivity contribution is 6.06. The third-order valence-corrected chi connectivity index (χ3v) is 4.91. The van der Waals surface area contributed by atoms with Gasteiger partial charge in [0.1, 0.15) is 0 Å². The zero-order valence-corrected chi connectivity index (χ0v) is 16.2. The van der Waals surface area contributed by atoms with Crippen molar-refractivity contribution in [1.82, 2.24) is 4.90 Å². The van der Waals surface area contributed by atoms with E-state index < -0.39 is 17.5 Å². The lowest BCUT2D eigenvalue weighted by Crippen LogP contribution is -2.69. The largest absolute Gasteiger partial charge is 0.464 e. The summed E-state index contributed by atoms with van der Waals surface area (Å²) in [6, 6.07) is 9.86. The number of unbranched alkanes of at least 4 members (excludes halogenated alkanes) is 1. The fourth-order valence-electron chi connectivity index (χ4n) is 3.23. The van der Waals surface area contributed by atoms with Crippen LogP contribution in [0.15, 0.2) is 30.3 Å². The third kappa shape index (κ3) is 4.64. The Morgan fingerprint density at radius 3 is 2.46 bits per heavy atom. The van der Waals surface area contributed by atoms with Gasteiger partial charge in [-0.25, -0.2) is 9.59 Å². The molecule has 2 rings (SSSR count). The second-order valence-corrected chi connectivity index (χ2v) is 7.01. The molecule has 0 aromatic heterocycles. The molecule has 1 aromatic rings. The topological polar surface area (TPSA) is 55.8 Å². The minimum atomic E-state index is -1.30. The zero-order valence-electron chi connectivity index (χ0n) is 16.2. The number of likely N-dealkylation sites (tertiary alicyclic amines) is 1. The van der Waals surface area contributed by atoms with Crippen molar-refractivity contribution in [2.45, 2.75) is 71.1 Å². The maximum atomic E-state index is 12.9. The van der Waals surface area contributed by atoms with E-state index in [0.717, 1.165) is 31.2 Å². The summed E-state index contributed by atoms with van der Waals surface area (Å²) in [5, 5.41) is 0. The van der Waals surface area contributed by atoms with E-state index in [1.807, 2.05) is 56.0 Å². The number of ether oxygens (including phenoxy) is 2. The molecule has 0 bridgehead atoms. The Balaban J connectivity index is 2.15. The van der Waals surface area contributed by atoms with Crippen LogP contribution in [0.5, 0.6) is 0 Å². The molecule has 0 aliphatic carbocycles. The van der Waals surface area contributed by atoms with Crippen molar-refractivity contribution < 1.29 is 19.1 Å². The first-order valence-corrected chi connectivity index (χ1v) is 9.71. The standard InChI is InChI=1S/C21H31NO4/c1-4-6-15-25-19(23)21(20(24)26-17(3)10-5-2)13-14-22(21)16-18-11-8-7-9-12-18/h7-9,11-12,17H,4-6,10,13-16H2,1-3H3/t17-,21-/m0/s1. The normalized spacial score (nSPS) is 20.9. The van der Waals surface area contributed by atoms with Gasteiger partial charge >= 0.3 is 11.9 Å². The molecule has 0 saturated carbocycles. The van der Waals surface area contributed by atoms with E-state index in [1.54, 1.807) is 0 Å². The fourth-order valence-corrected chi connectivity index (χ4v) is 3.23. The summed E-state index contributed by atoms with van der Waals surface area (Å²) in [6.07, 6.45) is 3.68. The first-order chi connectivity index (χ1) is 12.5. The van der Waals surface area contributed by atoms with Crippen LogP contribution < -0.4 is 0 Å². The van der Waals surface area contributed by atoms with Crippen molar-refractivity contribution in [3.63, 3.8) is 0 Å². The Bertz CT molecular complexity index is 589. The highest BCUT2D eigenvalue weighted by atomic mass is 16.6. The number of carbonyl (C=O) groups is 2. The molecule has 2 atom stereocenters. The first-order valence-electron chi connectivity index (χ1n) is 9.71. The minimum Gasteiger partial charge on any atom is -0.464 e. The van der Waals surface area contributed by atoms with E-state index >= 15 is 0 Å². The number of hydrogen-bond acceptors (Lipinski definition) is 5. The van der Waals surface area contributed by atoms with Gasteiger partial charge in [-0.05, 0) is 25.3 Å². The maximum Gasteiger partial charge on any atom is 0.338 e. The number of esters is 2. The molecule has 1 aliphatic rings. The fraction of sp³-hybridized carbons (Fsp3) is 0.619. The average molecular weight is 361 g/mol. The van der Waals surface area contributed by atoms with E-state index in [0.29, 0.717) is 26.1 Å². The molecule has 0 spiro atoms. The number of rotatable bonds is 10. The van der Waals surface area contributed by atoms with Crippen molar-refractivity contribution in [3.05, 3.63) is 35.9 Å². The Morgan fingerprint density at radius 1 is 1.15 bits per heavy atom. The molecule has 0 radical (unpaired) electrons. The van der Waals surface area contributed by atoms with Crippen molar-refractivity contribution in [1.29, 1.82) is 0 Å². The van der Waals surface area contributed by atoms with Gasteiger partial charge in [-0.2, -0.15) is 0 Å².